The zero-order valence-corrected chi connectivity index (χ0v) is 29.9. The fourth-order valence-electron chi connectivity index (χ4n) is 8.07. The maximum absolute atomic E-state index is 13.2. The number of likely N-dealkylation sites (N-methyl/N-ethyl adjacent to an activating group) is 1. The number of hydrogen-bond acceptors (Lipinski definition) is 9. The van der Waals surface area contributed by atoms with Crippen molar-refractivity contribution in [3.05, 3.63) is 40.7 Å². The van der Waals surface area contributed by atoms with Crippen LogP contribution in [0.1, 0.15) is 64.8 Å². The third-order valence-corrected chi connectivity index (χ3v) is 12.7. The molecule has 4 aliphatic rings. The first-order valence-electron chi connectivity index (χ1n) is 18.0. The average molecular weight is 701 g/mol. The third kappa shape index (κ3) is 8.30. The summed E-state index contributed by atoms with van der Waals surface area (Å²) < 4.78 is 40.5. The van der Waals surface area contributed by atoms with Crippen LogP contribution in [-0.4, -0.2) is 133 Å². The molecule has 0 aliphatic carbocycles. The highest BCUT2D eigenvalue weighted by Gasteiger charge is 2.41. The molecule has 5 heterocycles. The van der Waals surface area contributed by atoms with Gasteiger partial charge < -0.3 is 24.3 Å². The number of aromatic nitrogens is 1. The SMILES string of the molecule is CC(C)n1c(=O)c(OC(=O)NC2C[C@H]3CC[C@@H](C2)N3CCCS(=O)(=O)N(C)CCN2CCN(C(=O)C3CCCO3)CC2)cc2ccccc21. The average Bonchev–Trinajstić information content (AvgIpc) is 3.69. The van der Waals surface area contributed by atoms with E-state index in [0.29, 0.717) is 45.8 Å². The molecule has 2 amide bonds. The number of nitrogens with zero attached hydrogens (tertiary/aromatic N) is 5. The molecule has 270 valence electrons. The van der Waals surface area contributed by atoms with Crippen molar-refractivity contribution in [2.75, 3.05) is 65.2 Å². The Morgan fingerprint density at radius 2 is 1.76 bits per heavy atom. The Morgan fingerprint density at radius 3 is 2.43 bits per heavy atom. The number of piperazine rings is 1. The summed E-state index contributed by atoms with van der Waals surface area (Å²) in [6.45, 7) is 9.04. The van der Waals surface area contributed by atoms with E-state index < -0.39 is 16.1 Å². The molecule has 0 saturated carbocycles. The molecule has 4 atom stereocenters. The van der Waals surface area contributed by atoms with Gasteiger partial charge in [0.05, 0.1) is 11.3 Å². The van der Waals surface area contributed by atoms with E-state index in [-0.39, 0.29) is 53.2 Å². The van der Waals surface area contributed by atoms with Crippen molar-refractivity contribution >= 4 is 32.9 Å². The van der Waals surface area contributed by atoms with Crippen LogP contribution < -0.4 is 15.6 Å². The maximum atomic E-state index is 13.2. The Balaban J connectivity index is 0.924. The molecule has 6 rings (SSSR count). The van der Waals surface area contributed by atoms with Gasteiger partial charge in [0.2, 0.25) is 10.0 Å². The first kappa shape index (κ1) is 35.8. The number of para-hydroxylation sites is 1. The highest BCUT2D eigenvalue weighted by atomic mass is 32.2. The van der Waals surface area contributed by atoms with Crippen LogP contribution in [0.4, 0.5) is 4.79 Å². The number of rotatable bonds is 12. The smallest absolute Gasteiger partial charge is 0.404 e. The molecule has 13 nitrogen and oxygen atoms in total. The summed E-state index contributed by atoms with van der Waals surface area (Å²) in [5.41, 5.74) is 0.466. The van der Waals surface area contributed by atoms with Gasteiger partial charge in [-0.05, 0) is 77.5 Å². The zero-order chi connectivity index (χ0) is 34.7. The van der Waals surface area contributed by atoms with Gasteiger partial charge in [-0.15, -0.1) is 0 Å². The zero-order valence-electron chi connectivity index (χ0n) is 29.1. The van der Waals surface area contributed by atoms with Crippen LogP contribution in [-0.2, 0) is 19.6 Å². The summed E-state index contributed by atoms with van der Waals surface area (Å²) in [5, 5.41) is 3.83. The third-order valence-electron chi connectivity index (χ3n) is 10.8. The van der Waals surface area contributed by atoms with Crippen LogP contribution in [0.2, 0.25) is 0 Å². The van der Waals surface area contributed by atoms with Crippen molar-refractivity contribution in [2.45, 2.75) is 89.1 Å². The molecule has 0 radical (unpaired) electrons. The Bertz CT molecular complexity index is 1640. The number of sulfonamides is 1. The van der Waals surface area contributed by atoms with Crippen LogP contribution >= 0.6 is 0 Å². The van der Waals surface area contributed by atoms with Crippen molar-refractivity contribution < 1.29 is 27.5 Å². The van der Waals surface area contributed by atoms with Crippen LogP contribution in [0.3, 0.4) is 0 Å². The van der Waals surface area contributed by atoms with Gasteiger partial charge in [-0.25, -0.2) is 17.5 Å². The lowest BCUT2D eigenvalue weighted by molar-refractivity contribution is -0.142. The van der Waals surface area contributed by atoms with E-state index in [9.17, 15) is 22.8 Å². The van der Waals surface area contributed by atoms with Gasteiger partial charge in [-0.2, -0.15) is 0 Å². The Kier molecular flexibility index (Phi) is 11.3. The second kappa shape index (κ2) is 15.5. The van der Waals surface area contributed by atoms with E-state index in [1.807, 2.05) is 43.0 Å². The summed E-state index contributed by atoms with van der Waals surface area (Å²) in [6, 6.07) is 9.58. The maximum Gasteiger partial charge on any atom is 0.413 e. The molecule has 1 aromatic heterocycles. The van der Waals surface area contributed by atoms with Crippen molar-refractivity contribution in [1.82, 2.24) is 28.9 Å². The second-order valence-electron chi connectivity index (χ2n) is 14.3. The number of benzene rings is 1. The number of nitrogens with one attached hydrogen (secondary N) is 1. The van der Waals surface area contributed by atoms with Gasteiger partial charge in [0.15, 0.2) is 5.75 Å². The van der Waals surface area contributed by atoms with Gasteiger partial charge >= 0.3 is 6.09 Å². The monoisotopic (exact) mass is 700 g/mol. The lowest BCUT2D eigenvalue weighted by atomic mass is 9.97. The highest BCUT2D eigenvalue weighted by molar-refractivity contribution is 7.89. The molecular weight excluding hydrogens is 648 g/mol. The van der Waals surface area contributed by atoms with Gasteiger partial charge in [0.1, 0.15) is 6.10 Å². The van der Waals surface area contributed by atoms with Crippen LogP contribution in [0.25, 0.3) is 10.9 Å². The van der Waals surface area contributed by atoms with Gasteiger partial charge in [-0.3, -0.25) is 19.4 Å². The van der Waals surface area contributed by atoms with Crippen molar-refractivity contribution in [1.29, 1.82) is 0 Å². The number of amides is 2. The summed E-state index contributed by atoms with van der Waals surface area (Å²) >= 11 is 0. The quantitative estimate of drug-likeness (QED) is 0.355. The Labute approximate surface area is 289 Å². The second-order valence-corrected chi connectivity index (χ2v) is 16.5. The molecule has 2 unspecified atom stereocenters. The number of pyridine rings is 1. The first-order chi connectivity index (χ1) is 23.5. The highest BCUT2D eigenvalue weighted by Crippen LogP contribution is 2.36. The summed E-state index contributed by atoms with van der Waals surface area (Å²) in [6.07, 6.45) is 4.92. The molecule has 4 saturated heterocycles. The van der Waals surface area contributed by atoms with Gasteiger partial charge in [0.25, 0.3) is 11.5 Å². The molecule has 0 spiro atoms. The number of ether oxygens (including phenoxy) is 2. The normalized spacial score (nSPS) is 25.0. The number of carbonyl (C=O) groups is 2. The molecule has 4 aliphatic heterocycles. The molecule has 2 aromatic rings. The van der Waals surface area contributed by atoms with Gasteiger partial charge in [0, 0.05) is 82.5 Å². The summed E-state index contributed by atoms with van der Waals surface area (Å²) in [5.74, 6) is 0.195. The van der Waals surface area contributed by atoms with Crippen LogP contribution in [0, 0.1) is 0 Å². The molecule has 2 bridgehead atoms. The van der Waals surface area contributed by atoms with Crippen LogP contribution in [0.15, 0.2) is 35.1 Å². The number of hydrogen-bond donors (Lipinski definition) is 1. The Morgan fingerprint density at radius 1 is 1.04 bits per heavy atom. The molecule has 1 aromatic carbocycles. The van der Waals surface area contributed by atoms with E-state index >= 15 is 0 Å². The van der Waals surface area contributed by atoms with Gasteiger partial charge in [-0.1, -0.05) is 18.2 Å². The molecule has 4 fully saturated rings. The topological polar surface area (TPSA) is 134 Å². The number of fused-ring (bicyclic) bond motifs is 3. The van der Waals surface area contributed by atoms with E-state index in [2.05, 4.69) is 15.1 Å². The minimum absolute atomic E-state index is 0.0145. The van der Waals surface area contributed by atoms with E-state index in [4.69, 9.17) is 9.47 Å². The predicted molar refractivity (Wildman–Crippen MR) is 187 cm³/mol. The molecule has 49 heavy (non-hydrogen) atoms. The number of carbonyl (C=O) groups excluding carboxylic acids is 2. The van der Waals surface area contributed by atoms with Crippen molar-refractivity contribution in [3.63, 3.8) is 0 Å². The molecular formula is C35H52N6O7S. The minimum atomic E-state index is -3.40. The van der Waals surface area contributed by atoms with Crippen LogP contribution in [0.5, 0.6) is 5.75 Å². The van der Waals surface area contributed by atoms with E-state index in [0.717, 1.165) is 62.5 Å². The van der Waals surface area contributed by atoms with Crippen molar-refractivity contribution in [2.24, 2.45) is 0 Å². The Hall–Kier alpha value is -3.04. The standard InChI is InChI=1S/C35H52N6O7S/c1-25(2)41-30-9-5-4-8-26(30)22-32(34(41)43)48-35(44)36-27-23-28-11-12-29(24-27)40(28)13-7-21-49(45,46)37(3)14-15-38-16-18-39(19-17-38)33(42)31-10-6-20-47-31/h4-5,8-9,22,25,27-29,31H,6-7,10-21,23-24H2,1-3H3,(H,36,44)/t27?,28-,29+,31?. The largest absolute Gasteiger partial charge is 0.413 e. The fraction of sp³-hybridized carbons (Fsp3) is 0.686. The van der Waals surface area contributed by atoms with E-state index in [1.54, 1.807) is 17.7 Å². The predicted octanol–water partition coefficient (Wildman–Crippen LogP) is 2.64. The number of piperidine rings is 1. The summed E-state index contributed by atoms with van der Waals surface area (Å²) in [4.78, 5) is 45.3. The lowest BCUT2D eigenvalue weighted by Gasteiger charge is -2.39. The lowest BCUT2D eigenvalue weighted by Crippen LogP contribution is -2.52. The van der Waals surface area contributed by atoms with Crippen molar-refractivity contribution in [3.8, 4) is 5.75 Å². The molecule has 1 N–H and O–H groups in total. The fourth-order valence-corrected chi connectivity index (χ4v) is 9.24. The van der Waals surface area contributed by atoms with E-state index in [1.165, 1.54) is 4.31 Å². The minimum Gasteiger partial charge on any atom is -0.404 e. The summed E-state index contributed by atoms with van der Waals surface area (Å²) in [7, 11) is -1.74. The first-order valence-corrected chi connectivity index (χ1v) is 19.6. The molecule has 14 heteroatoms.